The highest BCUT2D eigenvalue weighted by atomic mass is 79.9. The minimum absolute atomic E-state index is 0.282. The number of halogens is 2. The van der Waals surface area contributed by atoms with Crippen molar-refractivity contribution in [2.75, 3.05) is 19.0 Å². The number of anilines is 1. The van der Waals surface area contributed by atoms with Crippen LogP contribution in [0.1, 0.15) is 19.2 Å². The molecule has 0 saturated heterocycles. The minimum Gasteiger partial charge on any atom is -0.377 e. The van der Waals surface area contributed by atoms with Crippen LogP contribution in [0.2, 0.25) is 0 Å². The molecule has 0 atom stereocenters. The molecule has 2 rings (SSSR count). The summed E-state index contributed by atoms with van der Waals surface area (Å²) in [7, 11) is 1.58. The number of aromatic nitrogens is 2. The number of methoxy groups -OCH3 is 1. The summed E-state index contributed by atoms with van der Waals surface area (Å²) in [5.41, 5.74) is 0.970. The van der Waals surface area contributed by atoms with Gasteiger partial charge in [-0.3, -0.25) is 0 Å². The third kappa shape index (κ3) is 4.22. The molecule has 0 saturated carbocycles. The molecule has 0 unspecified atom stereocenters. The molecule has 0 aliphatic carbocycles. The Morgan fingerprint density at radius 3 is 2.81 bits per heavy atom. The SMILES string of the molecule is CCCNc1cc(-c2cc(Br)ccc2F)nc(COC)n1. The van der Waals surface area contributed by atoms with Crippen molar-refractivity contribution in [2.24, 2.45) is 0 Å². The maximum Gasteiger partial charge on any atom is 0.157 e. The van der Waals surface area contributed by atoms with Gasteiger partial charge in [-0.1, -0.05) is 22.9 Å². The normalized spacial score (nSPS) is 10.7. The number of hydrogen-bond donors (Lipinski definition) is 1. The average Bonchev–Trinajstić information content (AvgIpc) is 2.48. The lowest BCUT2D eigenvalue weighted by Crippen LogP contribution is -2.07. The molecular formula is C15H17BrFN3O. The van der Waals surface area contributed by atoms with Gasteiger partial charge >= 0.3 is 0 Å². The smallest absolute Gasteiger partial charge is 0.157 e. The van der Waals surface area contributed by atoms with Crippen LogP contribution >= 0.6 is 15.9 Å². The summed E-state index contributed by atoms with van der Waals surface area (Å²) in [6.45, 7) is 3.15. The molecule has 112 valence electrons. The van der Waals surface area contributed by atoms with Crippen molar-refractivity contribution in [3.63, 3.8) is 0 Å². The van der Waals surface area contributed by atoms with Gasteiger partial charge < -0.3 is 10.1 Å². The maximum absolute atomic E-state index is 14.0. The minimum atomic E-state index is -0.318. The highest BCUT2D eigenvalue weighted by Crippen LogP contribution is 2.26. The molecule has 6 heteroatoms. The Labute approximate surface area is 131 Å². The maximum atomic E-state index is 14.0. The van der Waals surface area contributed by atoms with E-state index in [9.17, 15) is 4.39 Å². The van der Waals surface area contributed by atoms with E-state index in [1.165, 1.54) is 6.07 Å². The Morgan fingerprint density at radius 1 is 1.29 bits per heavy atom. The highest BCUT2D eigenvalue weighted by Gasteiger charge is 2.11. The third-order valence-electron chi connectivity index (χ3n) is 2.81. The van der Waals surface area contributed by atoms with Gasteiger partial charge in [-0.15, -0.1) is 0 Å². The molecule has 0 aliphatic rings. The van der Waals surface area contributed by atoms with Gasteiger partial charge in [0.2, 0.25) is 0 Å². The highest BCUT2D eigenvalue weighted by molar-refractivity contribution is 9.10. The second-order valence-electron chi connectivity index (χ2n) is 4.54. The molecule has 1 aromatic heterocycles. The first-order valence-electron chi connectivity index (χ1n) is 6.70. The number of ether oxygens (including phenoxy) is 1. The lowest BCUT2D eigenvalue weighted by Gasteiger charge is -2.10. The predicted molar refractivity (Wildman–Crippen MR) is 84.6 cm³/mol. The zero-order chi connectivity index (χ0) is 15.2. The van der Waals surface area contributed by atoms with E-state index in [0.717, 1.165) is 17.4 Å². The van der Waals surface area contributed by atoms with Gasteiger partial charge in [0, 0.05) is 29.8 Å². The van der Waals surface area contributed by atoms with Crippen LogP contribution in [-0.4, -0.2) is 23.6 Å². The van der Waals surface area contributed by atoms with Crippen molar-refractivity contribution in [2.45, 2.75) is 20.0 Å². The summed E-state index contributed by atoms with van der Waals surface area (Å²) < 4.78 is 19.9. The fourth-order valence-electron chi connectivity index (χ4n) is 1.87. The second kappa shape index (κ2) is 7.47. The average molecular weight is 354 g/mol. The van der Waals surface area contributed by atoms with Crippen LogP contribution in [0.3, 0.4) is 0 Å². The largest absolute Gasteiger partial charge is 0.377 e. The van der Waals surface area contributed by atoms with E-state index in [-0.39, 0.29) is 12.4 Å². The quantitative estimate of drug-likeness (QED) is 0.851. The van der Waals surface area contributed by atoms with E-state index in [1.54, 1.807) is 25.3 Å². The van der Waals surface area contributed by atoms with Crippen molar-refractivity contribution >= 4 is 21.7 Å². The Hall–Kier alpha value is -1.53. The lowest BCUT2D eigenvalue weighted by molar-refractivity contribution is 0.178. The summed E-state index contributed by atoms with van der Waals surface area (Å²) in [5, 5.41) is 3.20. The van der Waals surface area contributed by atoms with Crippen LogP contribution in [0.25, 0.3) is 11.3 Å². The molecule has 1 heterocycles. The number of benzene rings is 1. The molecule has 0 amide bonds. The van der Waals surface area contributed by atoms with Crippen LogP contribution < -0.4 is 5.32 Å². The van der Waals surface area contributed by atoms with Crippen molar-refractivity contribution in [3.05, 3.63) is 40.4 Å². The van der Waals surface area contributed by atoms with E-state index in [2.05, 4.69) is 38.1 Å². The molecule has 0 radical (unpaired) electrons. The van der Waals surface area contributed by atoms with E-state index in [0.29, 0.717) is 22.9 Å². The first kappa shape index (κ1) is 15.9. The molecule has 4 nitrogen and oxygen atoms in total. The molecule has 21 heavy (non-hydrogen) atoms. The first-order chi connectivity index (χ1) is 10.1. The molecule has 1 aromatic carbocycles. The third-order valence-corrected chi connectivity index (χ3v) is 3.30. The second-order valence-corrected chi connectivity index (χ2v) is 5.45. The Morgan fingerprint density at radius 2 is 2.10 bits per heavy atom. The topological polar surface area (TPSA) is 47.0 Å². The zero-order valence-corrected chi connectivity index (χ0v) is 13.6. The fraction of sp³-hybridized carbons (Fsp3) is 0.333. The summed E-state index contributed by atoms with van der Waals surface area (Å²) in [4.78, 5) is 8.72. The summed E-state index contributed by atoms with van der Waals surface area (Å²) in [6, 6.07) is 6.53. The summed E-state index contributed by atoms with van der Waals surface area (Å²) in [5.74, 6) is 0.878. The number of nitrogens with one attached hydrogen (secondary N) is 1. The van der Waals surface area contributed by atoms with E-state index in [1.807, 2.05) is 0 Å². The van der Waals surface area contributed by atoms with Gasteiger partial charge in [0.15, 0.2) is 5.82 Å². The van der Waals surface area contributed by atoms with Gasteiger partial charge in [0.25, 0.3) is 0 Å². The van der Waals surface area contributed by atoms with E-state index in [4.69, 9.17) is 4.74 Å². The van der Waals surface area contributed by atoms with E-state index >= 15 is 0 Å². The summed E-state index contributed by atoms with van der Waals surface area (Å²) >= 11 is 3.35. The fourth-order valence-corrected chi connectivity index (χ4v) is 2.23. The molecule has 0 fully saturated rings. The van der Waals surface area contributed by atoms with E-state index < -0.39 is 0 Å². The van der Waals surface area contributed by atoms with Gasteiger partial charge in [-0.2, -0.15) is 0 Å². The van der Waals surface area contributed by atoms with Crippen LogP contribution in [0.15, 0.2) is 28.7 Å². The lowest BCUT2D eigenvalue weighted by atomic mass is 10.1. The summed E-state index contributed by atoms with van der Waals surface area (Å²) in [6.07, 6.45) is 0.976. The predicted octanol–water partition coefficient (Wildman–Crippen LogP) is 4.01. The molecular weight excluding hydrogens is 337 g/mol. The molecule has 0 spiro atoms. The monoisotopic (exact) mass is 353 g/mol. The van der Waals surface area contributed by atoms with Crippen LogP contribution in [0, 0.1) is 5.82 Å². The standard InChI is InChI=1S/C15H17BrFN3O/c1-3-6-18-14-8-13(19-15(20-14)9-21-2)11-7-10(16)4-5-12(11)17/h4-5,7-8H,3,6,9H2,1-2H3,(H,18,19,20). The first-order valence-corrected chi connectivity index (χ1v) is 7.49. The van der Waals surface area contributed by atoms with Gasteiger partial charge in [-0.25, -0.2) is 14.4 Å². The Kier molecular flexibility index (Phi) is 5.64. The van der Waals surface area contributed by atoms with Gasteiger partial charge in [-0.05, 0) is 24.6 Å². The van der Waals surface area contributed by atoms with Crippen molar-refractivity contribution in [3.8, 4) is 11.3 Å². The number of hydrogen-bond acceptors (Lipinski definition) is 4. The number of nitrogens with zero attached hydrogens (tertiary/aromatic N) is 2. The van der Waals surface area contributed by atoms with Crippen molar-refractivity contribution in [1.82, 2.24) is 9.97 Å². The molecule has 0 aliphatic heterocycles. The molecule has 2 aromatic rings. The molecule has 0 bridgehead atoms. The van der Waals surface area contributed by atoms with Crippen molar-refractivity contribution < 1.29 is 9.13 Å². The number of rotatable bonds is 6. The van der Waals surface area contributed by atoms with Crippen LogP contribution in [0.4, 0.5) is 10.2 Å². The van der Waals surface area contributed by atoms with Crippen molar-refractivity contribution in [1.29, 1.82) is 0 Å². The van der Waals surface area contributed by atoms with Crippen LogP contribution in [0.5, 0.6) is 0 Å². The van der Waals surface area contributed by atoms with Gasteiger partial charge in [0.05, 0.1) is 5.69 Å². The Bertz CT molecular complexity index is 622. The van der Waals surface area contributed by atoms with Crippen LogP contribution in [-0.2, 0) is 11.3 Å². The molecule has 1 N–H and O–H groups in total. The zero-order valence-electron chi connectivity index (χ0n) is 12.0. The van der Waals surface area contributed by atoms with Gasteiger partial charge in [0.1, 0.15) is 18.2 Å². The Balaban J connectivity index is 2.45.